The molecule has 0 spiro atoms. The molecule has 2 aromatic heterocycles. The molecule has 34 heavy (non-hydrogen) atoms. The van der Waals surface area contributed by atoms with E-state index in [1.54, 1.807) is 0 Å². The molecule has 3 aromatic rings. The summed E-state index contributed by atoms with van der Waals surface area (Å²) in [4.78, 5) is 5.66. The lowest BCUT2D eigenvalue weighted by Gasteiger charge is -2.37. The summed E-state index contributed by atoms with van der Waals surface area (Å²) < 4.78 is 37.3. The van der Waals surface area contributed by atoms with Crippen molar-refractivity contribution >= 4 is 21.4 Å². The van der Waals surface area contributed by atoms with E-state index in [0.717, 1.165) is 33.8 Å². The van der Waals surface area contributed by atoms with E-state index in [1.807, 2.05) is 51.4 Å². The highest BCUT2D eigenvalue weighted by Gasteiger charge is 2.39. The van der Waals surface area contributed by atoms with Crippen LogP contribution in [-0.2, 0) is 33.1 Å². The summed E-state index contributed by atoms with van der Waals surface area (Å²) in [6.45, 7) is 14.2. The van der Waals surface area contributed by atoms with Crippen LogP contribution in [0.1, 0.15) is 57.8 Å². The highest BCUT2D eigenvalue weighted by molar-refractivity contribution is 7.91. The average Bonchev–Trinajstić information content (AvgIpc) is 3.32. The Bertz CT molecular complexity index is 1250. The van der Waals surface area contributed by atoms with Crippen LogP contribution in [0.5, 0.6) is 0 Å². The van der Waals surface area contributed by atoms with E-state index in [-0.39, 0.29) is 5.41 Å². The summed E-state index contributed by atoms with van der Waals surface area (Å²) in [5.74, 6) is 1.49. The SMILES string of the molecule is CC(C)Cc1cc(-c2ccc(Cn3ccnc3C3(C)COC3)cc2)c(S(=O)(=O)NC(C)(C)C)s1. The van der Waals surface area contributed by atoms with Gasteiger partial charge in [-0.05, 0) is 57.2 Å². The van der Waals surface area contributed by atoms with Gasteiger partial charge in [0.1, 0.15) is 10.0 Å². The molecule has 8 heteroatoms. The summed E-state index contributed by atoms with van der Waals surface area (Å²) in [7, 11) is -3.64. The number of aromatic nitrogens is 2. The van der Waals surface area contributed by atoms with Gasteiger partial charge in [-0.25, -0.2) is 18.1 Å². The fourth-order valence-corrected chi connectivity index (χ4v) is 7.63. The zero-order chi connectivity index (χ0) is 24.7. The van der Waals surface area contributed by atoms with Crippen LogP contribution in [-0.4, -0.2) is 36.7 Å². The molecule has 4 rings (SSSR count). The minimum atomic E-state index is -3.64. The average molecular weight is 502 g/mol. The molecule has 184 valence electrons. The molecular weight excluding hydrogens is 466 g/mol. The van der Waals surface area contributed by atoms with E-state index >= 15 is 0 Å². The molecule has 0 amide bonds. The summed E-state index contributed by atoms with van der Waals surface area (Å²) in [5.41, 5.74) is 2.24. The first-order chi connectivity index (χ1) is 15.9. The maximum atomic E-state index is 13.3. The van der Waals surface area contributed by atoms with Gasteiger partial charge >= 0.3 is 0 Å². The predicted octanol–water partition coefficient (Wildman–Crippen LogP) is 5.22. The second kappa shape index (κ2) is 9.22. The van der Waals surface area contributed by atoms with E-state index in [1.165, 1.54) is 11.3 Å². The van der Waals surface area contributed by atoms with Crippen LogP contribution in [0.15, 0.2) is 46.9 Å². The van der Waals surface area contributed by atoms with Crippen LogP contribution < -0.4 is 4.72 Å². The van der Waals surface area contributed by atoms with E-state index in [9.17, 15) is 8.42 Å². The number of nitrogens with zero attached hydrogens (tertiary/aromatic N) is 2. The van der Waals surface area contributed by atoms with E-state index in [0.29, 0.717) is 29.9 Å². The van der Waals surface area contributed by atoms with Gasteiger partial charge in [-0.15, -0.1) is 11.3 Å². The molecule has 0 aliphatic carbocycles. The van der Waals surface area contributed by atoms with E-state index in [2.05, 4.69) is 47.2 Å². The minimum Gasteiger partial charge on any atom is -0.379 e. The van der Waals surface area contributed by atoms with Crippen LogP contribution in [0.25, 0.3) is 11.1 Å². The van der Waals surface area contributed by atoms with Gasteiger partial charge in [0.15, 0.2) is 0 Å². The summed E-state index contributed by atoms with van der Waals surface area (Å²) in [5, 5.41) is 0. The van der Waals surface area contributed by atoms with Crippen molar-refractivity contribution < 1.29 is 13.2 Å². The van der Waals surface area contributed by atoms with Crippen molar-refractivity contribution in [1.29, 1.82) is 0 Å². The van der Waals surface area contributed by atoms with Gasteiger partial charge in [0.05, 0.1) is 18.6 Å². The highest BCUT2D eigenvalue weighted by atomic mass is 32.2. The van der Waals surface area contributed by atoms with Crippen molar-refractivity contribution in [1.82, 2.24) is 14.3 Å². The van der Waals surface area contributed by atoms with Gasteiger partial charge in [0, 0.05) is 34.9 Å². The molecule has 6 nitrogen and oxygen atoms in total. The molecule has 3 heterocycles. The fourth-order valence-electron chi connectivity index (χ4n) is 4.26. The Hall–Kier alpha value is -2.00. The van der Waals surface area contributed by atoms with Crippen molar-refractivity contribution in [2.45, 2.75) is 69.7 Å². The molecule has 1 aromatic carbocycles. The van der Waals surface area contributed by atoms with Crippen LogP contribution >= 0.6 is 11.3 Å². The van der Waals surface area contributed by atoms with Crippen molar-refractivity contribution in [2.24, 2.45) is 5.92 Å². The second-order valence-corrected chi connectivity index (χ2v) is 14.0. The topological polar surface area (TPSA) is 73.2 Å². The molecule has 0 saturated carbocycles. The smallest absolute Gasteiger partial charge is 0.251 e. The van der Waals surface area contributed by atoms with Crippen LogP contribution in [0.4, 0.5) is 0 Å². The maximum Gasteiger partial charge on any atom is 0.251 e. The number of thiophene rings is 1. The fraction of sp³-hybridized carbons (Fsp3) is 0.500. The zero-order valence-electron chi connectivity index (χ0n) is 20.9. The first-order valence-corrected chi connectivity index (χ1v) is 14.0. The quantitative estimate of drug-likeness (QED) is 0.459. The number of hydrogen-bond donors (Lipinski definition) is 1. The number of ether oxygens (including phenoxy) is 1. The lowest BCUT2D eigenvalue weighted by Crippen LogP contribution is -2.46. The monoisotopic (exact) mass is 501 g/mol. The van der Waals surface area contributed by atoms with Gasteiger partial charge in [-0.3, -0.25) is 0 Å². The normalized spacial score (nSPS) is 16.1. The van der Waals surface area contributed by atoms with Crippen molar-refractivity contribution in [3.63, 3.8) is 0 Å². The molecule has 1 fully saturated rings. The molecule has 1 N–H and O–H groups in total. The Balaban J connectivity index is 1.63. The number of hydrogen-bond acceptors (Lipinski definition) is 5. The molecule has 1 saturated heterocycles. The minimum absolute atomic E-state index is 0.0315. The van der Waals surface area contributed by atoms with Crippen molar-refractivity contribution in [3.8, 4) is 11.1 Å². The third kappa shape index (κ3) is 5.46. The van der Waals surface area contributed by atoms with Crippen molar-refractivity contribution in [2.75, 3.05) is 13.2 Å². The Labute approximate surface area is 207 Å². The highest BCUT2D eigenvalue weighted by Crippen LogP contribution is 2.37. The number of imidazole rings is 1. The second-order valence-electron chi connectivity index (χ2n) is 11.0. The number of sulfonamides is 1. The summed E-state index contributed by atoms with van der Waals surface area (Å²) >= 11 is 1.38. The Morgan fingerprint density at radius 1 is 1.21 bits per heavy atom. The lowest BCUT2D eigenvalue weighted by atomic mass is 9.87. The zero-order valence-corrected chi connectivity index (χ0v) is 22.5. The van der Waals surface area contributed by atoms with Gasteiger partial charge in [0.2, 0.25) is 0 Å². The van der Waals surface area contributed by atoms with Gasteiger partial charge in [-0.1, -0.05) is 38.1 Å². The van der Waals surface area contributed by atoms with Crippen LogP contribution in [0.2, 0.25) is 0 Å². The Kier molecular flexibility index (Phi) is 6.81. The number of rotatable bonds is 8. The van der Waals surface area contributed by atoms with Crippen molar-refractivity contribution in [3.05, 3.63) is 59.0 Å². The van der Waals surface area contributed by atoms with Crippen LogP contribution in [0, 0.1) is 5.92 Å². The van der Waals surface area contributed by atoms with Gasteiger partial charge in [0.25, 0.3) is 10.0 Å². The van der Waals surface area contributed by atoms with Gasteiger partial charge in [-0.2, -0.15) is 0 Å². The Morgan fingerprint density at radius 3 is 2.44 bits per heavy atom. The van der Waals surface area contributed by atoms with E-state index in [4.69, 9.17) is 4.74 Å². The van der Waals surface area contributed by atoms with E-state index < -0.39 is 15.6 Å². The van der Waals surface area contributed by atoms with Gasteiger partial charge < -0.3 is 9.30 Å². The Morgan fingerprint density at radius 2 is 1.88 bits per heavy atom. The van der Waals surface area contributed by atoms with Crippen LogP contribution in [0.3, 0.4) is 0 Å². The summed E-state index contributed by atoms with van der Waals surface area (Å²) in [6, 6.07) is 10.2. The first kappa shape index (κ1) is 25.1. The summed E-state index contributed by atoms with van der Waals surface area (Å²) in [6.07, 6.45) is 4.70. The molecule has 1 aliphatic rings. The number of benzene rings is 1. The molecule has 0 radical (unpaired) electrons. The third-order valence-electron chi connectivity index (χ3n) is 5.76. The third-order valence-corrected chi connectivity index (χ3v) is 9.21. The number of nitrogens with one attached hydrogen (secondary N) is 1. The molecule has 0 unspecified atom stereocenters. The standard InChI is InChI=1S/C26H35N3O3S2/c1-18(2)13-21-14-22(23(33-21)34(30,31)28-25(3,4)5)20-9-7-19(8-10-20)15-29-12-11-27-24(29)26(6)16-32-17-26/h7-12,14,18,28H,13,15-17H2,1-6H3. The lowest BCUT2D eigenvalue weighted by molar-refractivity contribution is -0.0557. The predicted molar refractivity (Wildman–Crippen MR) is 138 cm³/mol. The molecule has 0 atom stereocenters. The molecular formula is C26H35N3O3S2. The largest absolute Gasteiger partial charge is 0.379 e. The molecule has 1 aliphatic heterocycles. The molecule has 0 bridgehead atoms. The first-order valence-electron chi connectivity index (χ1n) is 11.7. The maximum absolute atomic E-state index is 13.3.